The molecule has 16 heavy (non-hydrogen) atoms. The van der Waals surface area contributed by atoms with E-state index in [1.165, 1.54) is 5.56 Å². The SMILES string of the molecule is CC=Cc1ccc2cc(C)ccc2c1C#N. The first-order chi connectivity index (χ1) is 7.76. The Kier molecular flexibility index (Phi) is 2.74. The van der Waals surface area contributed by atoms with Gasteiger partial charge in [0, 0.05) is 5.39 Å². The van der Waals surface area contributed by atoms with Gasteiger partial charge in [-0.2, -0.15) is 5.26 Å². The lowest BCUT2D eigenvalue weighted by Crippen LogP contribution is -1.86. The second-order valence-electron chi connectivity index (χ2n) is 3.87. The first kappa shape index (κ1) is 10.4. The average Bonchev–Trinajstić information content (AvgIpc) is 2.29. The largest absolute Gasteiger partial charge is 0.192 e. The van der Waals surface area contributed by atoms with E-state index in [2.05, 4.69) is 25.1 Å². The Bertz CT molecular complexity index is 601. The minimum absolute atomic E-state index is 0.760. The molecule has 1 nitrogen and oxygen atoms in total. The summed E-state index contributed by atoms with van der Waals surface area (Å²) in [7, 11) is 0. The maximum absolute atomic E-state index is 9.23. The number of allylic oxidation sites excluding steroid dienone is 1. The Balaban J connectivity index is 2.82. The zero-order valence-corrected chi connectivity index (χ0v) is 9.49. The summed E-state index contributed by atoms with van der Waals surface area (Å²) in [4.78, 5) is 0. The topological polar surface area (TPSA) is 23.8 Å². The van der Waals surface area contributed by atoms with Gasteiger partial charge in [-0.15, -0.1) is 0 Å². The molecule has 0 heterocycles. The van der Waals surface area contributed by atoms with E-state index in [9.17, 15) is 5.26 Å². The van der Waals surface area contributed by atoms with Gasteiger partial charge in [-0.05, 0) is 24.8 Å². The van der Waals surface area contributed by atoms with Gasteiger partial charge in [-0.3, -0.25) is 0 Å². The van der Waals surface area contributed by atoms with Crippen LogP contribution in [-0.4, -0.2) is 0 Å². The van der Waals surface area contributed by atoms with Gasteiger partial charge in [-0.25, -0.2) is 0 Å². The van der Waals surface area contributed by atoms with E-state index in [4.69, 9.17) is 0 Å². The molecular formula is C15H13N. The molecule has 0 aliphatic carbocycles. The van der Waals surface area contributed by atoms with E-state index in [-0.39, 0.29) is 0 Å². The molecule has 0 fully saturated rings. The molecule has 0 aliphatic heterocycles. The van der Waals surface area contributed by atoms with Crippen LogP contribution in [0.3, 0.4) is 0 Å². The quantitative estimate of drug-likeness (QED) is 0.692. The zero-order chi connectivity index (χ0) is 11.5. The minimum atomic E-state index is 0.760. The molecule has 1 heteroatoms. The van der Waals surface area contributed by atoms with Crippen molar-refractivity contribution in [3.8, 4) is 6.07 Å². The number of nitrogens with zero attached hydrogens (tertiary/aromatic N) is 1. The molecule has 0 amide bonds. The number of rotatable bonds is 1. The molecule has 2 aromatic rings. The molecule has 0 atom stereocenters. The van der Waals surface area contributed by atoms with Crippen LogP contribution in [0.2, 0.25) is 0 Å². The third kappa shape index (κ3) is 1.70. The fourth-order valence-corrected chi connectivity index (χ4v) is 1.91. The van der Waals surface area contributed by atoms with Gasteiger partial charge in [0.25, 0.3) is 0 Å². The molecular weight excluding hydrogens is 194 g/mol. The second-order valence-corrected chi connectivity index (χ2v) is 3.87. The highest BCUT2D eigenvalue weighted by atomic mass is 14.2. The van der Waals surface area contributed by atoms with E-state index >= 15 is 0 Å². The summed E-state index contributed by atoms with van der Waals surface area (Å²) >= 11 is 0. The summed E-state index contributed by atoms with van der Waals surface area (Å²) in [6.45, 7) is 4.02. The highest BCUT2D eigenvalue weighted by molar-refractivity contribution is 5.91. The molecule has 2 rings (SSSR count). The molecule has 2 aromatic carbocycles. The van der Waals surface area contributed by atoms with Crippen molar-refractivity contribution in [2.75, 3.05) is 0 Å². The highest BCUT2D eigenvalue weighted by Gasteiger charge is 2.04. The van der Waals surface area contributed by atoms with Gasteiger partial charge in [0.15, 0.2) is 0 Å². The molecule has 0 spiro atoms. The molecule has 0 N–H and O–H groups in total. The van der Waals surface area contributed by atoms with Gasteiger partial charge >= 0.3 is 0 Å². The molecule has 0 aliphatic rings. The number of aryl methyl sites for hydroxylation is 1. The zero-order valence-electron chi connectivity index (χ0n) is 9.49. The summed E-state index contributed by atoms with van der Waals surface area (Å²) in [6.07, 6.45) is 3.92. The van der Waals surface area contributed by atoms with Crippen molar-refractivity contribution < 1.29 is 0 Å². The van der Waals surface area contributed by atoms with Crippen LogP contribution in [0.25, 0.3) is 16.8 Å². The molecule has 0 unspecified atom stereocenters. The monoisotopic (exact) mass is 207 g/mol. The average molecular weight is 207 g/mol. The lowest BCUT2D eigenvalue weighted by molar-refractivity contribution is 1.47. The molecule has 0 saturated carbocycles. The van der Waals surface area contributed by atoms with Crippen molar-refractivity contribution in [2.45, 2.75) is 13.8 Å². The molecule has 78 valence electrons. The molecule has 0 saturated heterocycles. The smallest absolute Gasteiger partial charge is 0.100 e. The Hall–Kier alpha value is -2.07. The standard InChI is InChI=1S/C15H13N/c1-3-4-12-6-7-13-9-11(2)5-8-14(13)15(12)10-16/h3-9H,1-2H3. The van der Waals surface area contributed by atoms with Crippen LogP contribution in [0.4, 0.5) is 0 Å². The van der Waals surface area contributed by atoms with Crippen molar-refractivity contribution in [1.29, 1.82) is 5.26 Å². The van der Waals surface area contributed by atoms with Crippen LogP contribution in [0.15, 0.2) is 36.4 Å². The van der Waals surface area contributed by atoms with Gasteiger partial charge in [0.2, 0.25) is 0 Å². The fraction of sp³-hybridized carbons (Fsp3) is 0.133. The van der Waals surface area contributed by atoms with Crippen LogP contribution in [-0.2, 0) is 0 Å². The normalized spacial score (nSPS) is 10.8. The Morgan fingerprint density at radius 1 is 1.19 bits per heavy atom. The van der Waals surface area contributed by atoms with Crippen LogP contribution < -0.4 is 0 Å². The Morgan fingerprint density at radius 3 is 2.69 bits per heavy atom. The predicted octanol–water partition coefficient (Wildman–Crippen LogP) is 4.05. The summed E-state index contributed by atoms with van der Waals surface area (Å²) < 4.78 is 0. The van der Waals surface area contributed by atoms with Crippen LogP contribution in [0.5, 0.6) is 0 Å². The molecule has 0 radical (unpaired) electrons. The van der Waals surface area contributed by atoms with Crippen molar-refractivity contribution in [3.05, 3.63) is 53.1 Å². The summed E-state index contributed by atoms with van der Waals surface area (Å²) in [5.74, 6) is 0. The lowest BCUT2D eigenvalue weighted by Gasteiger charge is -2.04. The van der Waals surface area contributed by atoms with E-state index in [1.807, 2.05) is 37.3 Å². The van der Waals surface area contributed by atoms with Crippen molar-refractivity contribution in [2.24, 2.45) is 0 Å². The Morgan fingerprint density at radius 2 is 2.00 bits per heavy atom. The summed E-state index contributed by atoms with van der Waals surface area (Å²) in [5.41, 5.74) is 2.96. The van der Waals surface area contributed by atoms with E-state index in [1.54, 1.807) is 0 Å². The van der Waals surface area contributed by atoms with Crippen molar-refractivity contribution in [1.82, 2.24) is 0 Å². The fourth-order valence-electron chi connectivity index (χ4n) is 1.91. The predicted molar refractivity (Wildman–Crippen MR) is 68.1 cm³/mol. The van der Waals surface area contributed by atoms with Gasteiger partial charge < -0.3 is 0 Å². The Labute approximate surface area is 95.6 Å². The van der Waals surface area contributed by atoms with Gasteiger partial charge in [-0.1, -0.05) is 48.0 Å². The molecule has 0 aromatic heterocycles. The highest BCUT2D eigenvalue weighted by Crippen LogP contribution is 2.23. The maximum Gasteiger partial charge on any atom is 0.100 e. The summed E-state index contributed by atoms with van der Waals surface area (Å²) in [5, 5.41) is 11.4. The number of fused-ring (bicyclic) bond motifs is 1. The van der Waals surface area contributed by atoms with Gasteiger partial charge in [0.1, 0.15) is 6.07 Å². The number of hydrogen-bond acceptors (Lipinski definition) is 1. The molecule has 0 bridgehead atoms. The minimum Gasteiger partial charge on any atom is -0.192 e. The van der Waals surface area contributed by atoms with Gasteiger partial charge in [0.05, 0.1) is 5.56 Å². The van der Waals surface area contributed by atoms with Crippen molar-refractivity contribution in [3.63, 3.8) is 0 Å². The number of hydrogen-bond donors (Lipinski definition) is 0. The van der Waals surface area contributed by atoms with E-state index in [0.29, 0.717) is 0 Å². The first-order valence-electron chi connectivity index (χ1n) is 5.32. The van der Waals surface area contributed by atoms with Crippen LogP contribution in [0.1, 0.15) is 23.6 Å². The first-order valence-corrected chi connectivity index (χ1v) is 5.32. The van der Waals surface area contributed by atoms with E-state index in [0.717, 1.165) is 21.9 Å². The second kappa shape index (κ2) is 4.20. The summed E-state index contributed by atoms with van der Waals surface area (Å²) in [6, 6.07) is 12.5. The lowest BCUT2D eigenvalue weighted by atomic mass is 9.98. The van der Waals surface area contributed by atoms with Crippen LogP contribution >= 0.6 is 0 Å². The third-order valence-electron chi connectivity index (χ3n) is 2.67. The number of benzene rings is 2. The van der Waals surface area contributed by atoms with Crippen molar-refractivity contribution >= 4 is 16.8 Å². The third-order valence-corrected chi connectivity index (χ3v) is 2.67. The van der Waals surface area contributed by atoms with E-state index < -0.39 is 0 Å². The van der Waals surface area contributed by atoms with Crippen LogP contribution in [0, 0.1) is 18.3 Å². The maximum atomic E-state index is 9.23. The number of nitriles is 1.